The molecular formula is C16H20O3Si. The summed E-state index contributed by atoms with van der Waals surface area (Å²) in [4.78, 5) is 11.5. The van der Waals surface area contributed by atoms with Crippen LogP contribution in [0, 0.1) is 0 Å². The molecule has 0 spiro atoms. The zero-order valence-electron chi connectivity index (χ0n) is 12.2. The highest BCUT2D eigenvalue weighted by Crippen LogP contribution is 2.20. The van der Waals surface area contributed by atoms with Crippen LogP contribution in [0.15, 0.2) is 42.5 Å². The molecule has 0 aromatic heterocycles. The lowest BCUT2D eigenvalue weighted by Gasteiger charge is -2.22. The van der Waals surface area contributed by atoms with E-state index in [4.69, 9.17) is 9.16 Å². The van der Waals surface area contributed by atoms with Crippen LogP contribution >= 0.6 is 0 Å². The third-order valence-electron chi connectivity index (χ3n) is 3.07. The summed E-state index contributed by atoms with van der Waals surface area (Å²) in [5.74, 6) is 0. The van der Waals surface area contributed by atoms with Gasteiger partial charge in [0.1, 0.15) is 0 Å². The second-order valence-corrected chi connectivity index (χ2v) is 9.48. The van der Waals surface area contributed by atoms with Gasteiger partial charge in [-0.25, -0.2) is 4.79 Å². The van der Waals surface area contributed by atoms with E-state index >= 15 is 0 Å². The van der Waals surface area contributed by atoms with E-state index in [0.717, 1.165) is 6.04 Å². The molecule has 0 saturated carbocycles. The lowest BCUT2D eigenvalue weighted by molar-refractivity contribution is 0.101. The first-order valence-electron chi connectivity index (χ1n) is 6.83. The van der Waals surface area contributed by atoms with Crippen LogP contribution in [0.4, 0.5) is 4.79 Å². The fraction of sp³-hybridized carbons (Fsp3) is 0.312. The maximum atomic E-state index is 11.5. The second-order valence-electron chi connectivity index (χ2n) is 5.40. The molecule has 106 valence electrons. The van der Waals surface area contributed by atoms with E-state index in [1.165, 1.54) is 16.3 Å². The first-order valence-corrected chi connectivity index (χ1v) is 9.95. The Hall–Kier alpha value is -1.81. The molecule has 0 atom stereocenters. The Labute approximate surface area is 120 Å². The molecule has 0 aliphatic rings. The Morgan fingerprint density at radius 2 is 1.80 bits per heavy atom. The minimum Gasteiger partial charge on any atom is -0.489 e. The van der Waals surface area contributed by atoms with Crippen LogP contribution in [0.25, 0.3) is 10.8 Å². The Kier molecular flexibility index (Phi) is 4.45. The van der Waals surface area contributed by atoms with Crippen LogP contribution in [0.1, 0.15) is 12.5 Å². The molecular weight excluding hydrogens is 268 g/mol. The molecule has 2 rings (SSSR count). The number of fused-ring (bicyclic) bond motifs is 1. The molecule has 0 unspecified atom stereocenters. The Morgan fingerprint density at radius 1 is 1.10 bits per heavy atom. The zero-order chi connectivity index (χ0) is 14.6. The van der Waals surface area contributed by atoms with Gasteiger partial charge in [0.15, 0.2) is 0 Å². The lowest BCUT2D eigenvalue weighted by Crippen LogP contribution is -2.36. The van der Waals surface area contributed by atoms with Crippen molar-refractivity contribution in [3.05, 3.63) is 48.0 Å². The van der Waals surface area contributed by atoms with Crippen LogP contribution in [0.5, 0.6) is 0 Å². The number of rotatable bonds is 4. The van der Waals surface area contributed by atoms with Crippen LogP contribution in [-0.2, 0) is 15.2 Å². The quantitative estimate of drug-likeness (QED) is 0.621. The fourth-order valence-corrected chi connectivity index (χ4v) is 4.03. The molecule has 20 heavy (non-hydrogen) atoms. The minimum atomic E-state index is -2.11. The van der Waals surface area contributed by atoms with E-state index in [1.54, 1.807) is 6.92 Å². The molecule has 4 heteroatoms. The maximum absolute atomic E-state index is 11.5. The third kappa shape index (κ3) is 3.84. The number of carbonyl (C=O) groups is 1. The summed E-state index contributed by atoms with van der Waals surface area (Å²) in [5.41, 5.74) is 1.20. The first-order chi connectivity index (χ1) is 9.50. The zero-order valence-corrected chi connectivity index (χ0v) is 13.2. The fourth-order valence-electron chi connectivity index (χ4n) is 2.25. The van der Waals surface area contributed by atoms with Crippen LogP contribution in [0.2, 0.25) is 13.1 Å². The molecule has 0 aliphatic carbocycles. The van der Waals surface area contributed by atoms with Gasteiger partial charge in [0.2, 0.25) is 0 Å². The van der Waals surface area contributed by atoms with Crippen molar-refractivity contribution in [1.82, 2.24) is 0 Å². The maximum Gasteiger partial charge on any atom is 0.494 e. The highest BCUT2D eigenvalue weighted by molar-refractivity contribution is 6.71. The van der Waals surface area contributed by atoms with Crippen molar-refractivity contribution in [2.24, 2.45) is 0 Å². The summed E-state index contributed by atoms with van der Waals surface area (Å²) in [7, 11) is -2.11. The van der Waals surface area contributed by atoms with E-state index in [-0.39, 0.29) is 0 Å². The van der Waals surface area contributed by atoms with Crippen molar-refractivity contribution in [3.8, 4) is 0 Å². The molecule has 0 amide bonds. The summed E-state index contributed by atoms with van der Waals surface area (Å²) in [6, 6.07) is 15.4. The normalized spacial score (nSPS) is 11.3. The highest BCUT2D eigenvalue weighted by Gasteiger charge is 2.28. The predicted molar refractivity (Wildman–Crippen MR) is 83.2 cm³/mol. The molecule has 3 nitrogen and oxygen atoms in total. The van der Waals surface area contributed by atoms with Crippen LogP contribution in [-0.4, -0.2) is 21.1 Å². The van der Waals surface area contributed by atoms with Gasteiger partial charge in [-0.15, -0.1) is 0 Å². The van der Waals surface area contributed by atoms with Gasteiger partial charge in [0.25, 0.3) is 8.32 Å². The summed E-state index contributed by atoms with van der Waals surface area (Å²) in [5, 5.41) is 2.44. The monoisotopic (exact) mass is 288 g/mol. The molecule has 2 aromatic carbocycles. The van der Waals surface area contributed by atoms with Gasteiger partial charge in [-0.05, 0) is 36.4 Å². The largest absolute Gasteiger partial charge is 0.494 e. The lowest BCUT2D eigenvalue weighted by atomic mass is 10.1. The van der Waals surface area contributed by atoms with Crippen LogP contribution < -0.4 is 0 Å². The van der Waals surface area contributed by atoms with Crippen molar-refractivity contribution >= 4 is 25.2 Å². The number of ether oxygens (including phenoxy) is 1. The molecule has 0 saturated heterocycles. The molecule has 0 fully saturated rings. The standard InChI is InChI=1S/C16H20O3Si/c1-4-18-16(17)19-20(2,3)12-13-9-10-14-7-5-6-8-15(14)11-13/h5-11H,4,12H2,1-3H3. The van der Waals surface area contributed by atoms with Gasteiger partial charge < -0.3 is 9.16 Å². The molecule has 2 aromatic rings. The third-order valence-corrected chi connectivity index (χ3v) is 5.04. The average Bonchev–Trinajstić information content (AvgIpc) is 2.37. The molecule has 0 N–H and O–H groups in total. The summed E-state index contributed by atoms with van der Waals surface area (Å²) < 4.78 is 10.3. The average molecular weight is 288 g/mol. The summed E-state index contributed by atoms with van der Waals surface area (Å²) >= 11 is 0. The van der Waals surface area contributed by atoms with Gasteiger partial charge in [-0.3, -0.25) is 0 Å². The Morgan fingerprint density at radius 3 is 2.50 bits per heavy atom. The van der Waals surface area contributed by atoms with E-state index in [9.17, 15) is 4.79 Å². The van der Waals surface area contributed by atoms with Gasteiger partial charge in [-0.2, -0.15) is 0 Å². The van der Waals surface area contributed by atoms with E-state index in [0.29, 0.717) is 6.61 Å². The number of hydrogen-bond acceptors (Lipinski definition) is 3. The minimum absolute atomic E-state index is 0.347. The highest BCUT2D eigenvalue weighted by atomic mass is 28.4. The number of carbonyl (C=O) groups excluding carboxylic acids is 1. The first kappa shape index (κ1) is 14.6. The number of hydrogen-bond donors (Lipinski definition) is 0. The summed E-state index contributed by atoms with van der Waals surface area (Å²) in [6.07, 6.45) is -0.551. The molecule has 0 heterocycles. The van der Waals surface area contributed by atoms with Gasteiger partial charge in [0.05, 0.1) is 6.61 Å². The summed E-state index contributed by atoms with van der Waals surface area (Å²) in [6.45, 7) is 6.18. The second kappa shape index (κ2) is 6.09. The van der Waals surface area contributed by atoms with Gasteiger partial charge in [0, 0.05) is 6.04 Å². The number of benzene rings is 2. The van der Waals surface area contributed by atoms with Crippen molar-refractivity contribution in [2.75, 3.05) is 6.61 Å². The molecule has 0 radical (unpaired) electrons. The topological polar surface area (TPSA) is 35.5 Å². The van der Waals surface area contributed by atoms with E-state index < -0.39 is 14.5 Å². The van der Waals surface area contributed by atoms with Gasteiger partial charge in [-0.1, -0.05) is 42.5 Å². The molecule has 0 aliphatic heterocycles. The Bertz CT molecular complexity index is 607. The van der Waals surface area contributed by atoms with Crippen molar-refractivity contribution in [3.63, 3.8) is 0 Å². The van der Waals surface area contributed by atoms with Crippen molar-refractivity contribution in [1.29, 1.82) is 0 Å². The van der Waals surface area contributed by atoms with E-state index in [1.807, 2.05) is 25.2 Å². The SMILES string of the molecule is CCOC(=O)O[Si](C)(C)Cc1ccc2ccccc2c1. The Balaban J connectivity index is 2.12. The predicted octanol–water partition coefficient (Wildman–Crippen LogP) is 4.30. The van der Waals surface area contributed by atoms with E-state index in [2.05, 4.69) is 30.3 Å². The molecule has 0 bridgehead atoms. The van der Waals surface area contributed by atoms with Crippen molar-refractivity contribution in [2.45, 2.75) is 26.1 Å². The van der Waals surface area contributed by atoms with Gasteiger partial charge >= 0.3 is 6.16 Å². The van der Waals surface area contributed by atoms with Crippen LogP contribution in [0.3, 0.4) is 0 Å². The smallest absolute Gasteiger partial charge is 0.489 e. The van der Waals surface area contributed by atoms with Crippen molar-refractivity contribution < 1.29 is 14.0 Å².